The van der Waals surface area contributed by atoms with Gasteiger partial charge in [-0.2, -0.15) is 0 Å². The Morgan fingerprint density at radius 1 is 1.21 bits per heavy atom. The fourth-order valence-corrected chi connectivity index (χ4v) is 3.37. The summed E-state index contributed by atoms with van der Waals surface area (Å²) in [5.41, 5.74) is 5.00. The number of aromatic nitrogens is 4. The summed E-state index contributed by atoms with van der Waals surface area (Å²) >= 11 is 0. The third-order valence-corrected chi connectivity index (χ3v) is 4.50. The average molecular weight is 322 g/mol. The predicted molar refractivity (Wildman–Crippen MR) is 95.4 cm³/mol. The normalized spacial score (nSPS) is 18.3. The number of fused-ring (bicyclic) bond motifs is 1. The van der Waals surface area contributed by atoms with Crippen molar-refractivity contribution < 1.29 is 0 Å². The monoisotopic (exact) mass is 322 g/mol. The third-order valence-electron chi connectivity index (χ3n) is 4.50. The fourth-order valence-electron chi connectivity index (χ4n) is 3.37. The van der Waals surface area contributed by atoms with Gasteiger partial charge < -0.3 is 10.2 Å². The lowest BCUT2D eigenvalue weighted by Gasteiger charge is -2.32. The lowest BCUT2D eigenvalue weighted by molar-refractivity contribution is 0.481. The van der Waals surface area contributed by atoms with Crippen LogP contribution in [0.5, 0.6) is 0 Å². The van der Waals surface area contributed by atoms with Gasteiger partial charge >= 0.3 is 0 Å². The Bertz CT molecular complexity index is 884. The zero-order valence-corrected chi connectivity index (χ0v) is 14.3. The van der Waals surface area contributed by atoms with Crippen LogP contribution in [0.15, 0.2) is 30.5 Å². The minimum Gasteiger partial charge on any atom is -0.352 e. The van der Waals surface area contributed by atoms with Gasteiger partial charge in [0.2, 0.25) is 0 Å². The number of aryl methyl sites for hydroxylation is 2. The highest BCUT2D eigenvalue weighted by molar-refractivity contribution is 5.67. The van der Waals surface area contributed by atoms with Crippen molar-refractivity contribution in [1.82, 2.24) is 24.9 Å². The summed E-state index contributed by atoms with van der Waals surface area (Å²) in [6, 6.07) is 8.70. The minimum atomic E-state index is 0.475. The summed E-state index contributed by atoms with van der Waals surface area (Å²) in [4.78, 5) is 11.3. The first-order valence-electron chi connectivity index (χ1n) is 8.39. The van der Waals surface area contributed by atoms with Crippen LogP contribution in [0.2, 0.25) is 0 Å². The molecule has 1 saturated heterocycles. The molecule has 6 nitrogen and oxygen atoms in total. The van der Waals surface area contributed by atoms with Crippen molar-refractivity contribution in [3.8, 4) is 11.3 Å². The molecule has 1 atom stereocenters. The van der Waals surface area contributed by atoms with Gasteiger partial charge in [-0.25, -0.2) is 9.50 Å². The van der Waals surface area contributed by atoms with Crippen LogP contribution >= 0.6 is 0 Å². The highest BCUT2D eigenvalue weighted by atomic mass is 15.3. The molecule has 0 saturated carbocycles. The van der Waals surface area contributed by atoms with Crippen molar-refractivity contribution in [2.75, 3.05) is 24.5 Å². The molecule has 1 aliphatic rings. The molecule has 3 aromatic heterocycles. The smallest absolute Gasteiger partial charge is 0.154 e. The molecule has 4 heterocycles. The summed E-state index contributed by atoms with van der Waals surface area (Å²) in [6.45, 7) is 9.17. The van der Waals surface area contributed by atoms with Crippen molar-refractivity contribution in [1.29, 1.82) is 0 Å². The Kier molecular flexibility index (Phi) is 3.69. The lowest BCUT2D eigenvalue weighted by Crippen LogP contribution is -2.49. The van der Waals surface area contributed by atoms with E-state index in [0.717, 1.165) is 53.7 Å². The number of hydrogen-bond donors (Lipinski definition) is 1. The van der Waals surface area contributed by atoms with Gasteiger partial charge in [-0.3, -0.25) is 4.98 Å². The maximum Gasteiger partial charge on any atom is 0.154 e. The van der Waals surface area contributed by atoms with Crippen LogP contribution in [-0.4, -0.2) is 45.3 Å². The summed E-state index contributed by atoms with van der Waals surface area (Å²) in [6.07, 6.45) is 1.84. The summed E-state index contributed by atoms with van der Waals surface area (Å²) in [5, 5.41) is 8.36. The van der Waals surface area contributed by atoms with Crippen molar-refractivity contribution in [3.63, 3.8) is 0 Å². The molecule has 1 fully saturated rings. The number of nitrogens with one attached hydrogen (secondary N) is 1. The highest BCUT2D eigenvalue weighted by Gasteiger charge is 2.19. The van der Waals surface area contributed by atoms with Crippen LogP contribution in [0, 0.1) is 13.8 Å². The molecule has 0 bridgehead atoms. The zero-order chi connectivity index (χ0) is 16.7. The van der Waals surface area contributed by atoms with Crippen molar-refractivity contribution in [3.05, 3.63) is 41.9 Å². The van der Waals surface area contributed by atoms with Gasteiger partial charge in [-0.1, -0.05) is 0 Å². The van der Waals surface area contributed by atoms with Gasteiger partial charge in [-0.15, -0.1) is 5.10 Å². The predicted octanol–water partition coefficient (Wildman–Crippen LogP) is 2.21. The molecule has 0 spiro atoms. The van der Waals surface area contributed by atoms with E-state index in [1.807, 2.05) is 30.6 Å². The van der Waals surface area contributed by atoms with Gasteiger partial charge in [0.25, 0.3) is 0 Å². The molecule has 1 N–H and O–H groups in total. The quantitative estimate of drug-likeness (QED) is 0.784. The highest BCUT2D eigenvalue weighted by Crippen LogP contribution is 2.25. The average Bonchev–Trinajstić information content (AvgIpc) is 2.89. The molecule has 6 heteroatoms. The number of nitrogens with zero attached hydrogens (tertiary/aromatic N) is 5. The van der Waals surface area contributed by atoms with Crippen LogP contribution in [0.1, 0.15) is 18.3 Å². The molecule has 124 valence electrons. The van der Waals surface area contributed by atoms with Crippen LogP contribution in [0.25, 0.3) is 16.9 Å². The molecule has 0 amide bonds. The topological polar surface area (TPSA) is 58.4 Å². The van der Waals surface area contributed by atoms with Gasteiger partial charge in [0.15, 0.2) is 5.65 Å². The molecular weight excluding hydrogens is 300 g/mol. The van der Waals surface area contributed by atoms with Crippen LogP contribution < -0.4 is 10.2 Å². The van der Waals surface area contributed by atoms with Gasteiger partial charge in [0.05, 0.1) is 11.4 Å². The molecule has 3 aromatic rings. The standard InChI is InChI=1S/C18H22N6/c1-12-10-15(6-7-19-12)18-14(3)21-16-4-5-17(22-24(16)18)23-9-8-20-13(2)11-23/h4-7,10,13,20H,8-9,11H2,1-3H3. The molecule has 1 unspecified atom stereocenters. The van der Waals surface area contributed by atoms with Gasteiger partial charge in [0, 0.05) is 43.1 Å². The first-order chi connectivity index (χ1) is 11.6. The second-order valence-electron chi connectivity index (χ2n) is 6.49. The maximum atomic E-state index is 4.89. The molecule has 0 radical (unpaired) electrons. The van der Waals surface area contributed by atoms with E-state index in [4.69, 9.17) is 5.10 Å². The maximum absolute atomic E-state index is 4.89. The number of pyridine rings is 1. The zero-order valence-electron chi connectivity index (χ0n) is 14.3. The largest absolute Gasteiger partial charge is 0.352 e. The van der Waals surface area contributed by atoms with Crippen molar-refractivity contribution >= 4 is 11.5 Å². The number of rotatable bonds is 2. The molecule has 0 aromatic carbocycles. The minimum absolute atomic E-state index is 0.475. The Balaban J connectivity index is 1.82. The summed E-state index contributed by atoms with van der Waals surface area (Å²) in [7, 11) is 0. The van der Waals surface area contributed by atoms with Gasteiger partial charge in [-0.05, 0) is 45.0 Å². The van der Waals surface area contributed by atoms with Gasteiger partial charge in [0.1, 0.15) is 5.82 Å². The Hall–Kier alpha value is -2.47. The van der Waals surface area contributed by atoms with Crippen LogP contribution in [0.3, 0.4) is 0 Å². The second-order valence-corrected chi connectivity index (χ2v) is 6.49. The van der Waals surface area contributed by atoms with E-state index >= 15 is 0 Å². The first kappa shape index (κ1) is 15.1. The number of anilines is 1. The van der Waals surface area contributed by atoms with E-state index in [-0.39, 0.29) is 0 Å². The Labute approximate surface area is 141 Å². The van der Waals surface area contributed by atoms with E-state index in [2.05, 4.69) is 45.3 Å². The number of piperazine rings is 1. The second kappa shape index (κ2) is 5.87. The van der Waals surface area contributed by atoms with Crippen molar-refractivity contribution in [2.24, 2.45) is 0 Å². The third kappa shape index (κ3) is 2.63. The van der Waals surface area contributed by atoms with E-state index in [1.165, 1.54) is 0 Å². The molecule has 4 rings (SSSR count). The Morgan fingerprint density at radius 2 is 2.08 bits per heavy atom. The lowest BCUT2D eigenvalue weighted by atomic mass is 10.1. The molecular formula is C18H22N6. The Morgan fingerprint density at radius 3 is 2.88 bits per heavy atom. The van der Waals surface area contributed by atoms with E-state index in [9.17, 15) is 0 Å². The first-order valence-corrected chi connectivity index (χ1v) is 8.39. The number of hydrogen-bond acceptors (Lipinski definition) is 5. The van der Waals surface area contributed by atoms with E-state index in [0.29, 0.717) is 6.04 Å². The van der Waals surface area contributed by atoms with E-state index in [1.54, 1.807) is 0 Å². The fraction of sp³-hybridized carbons (Fsp3) is 0.389. The molecule has 24 heavy (non-hydrogen) atoms. The SMILES string of the molecule is Cc1cc(-c2c(C)nc3ccc(N4CCNC(C)C4)nn23)ccn1. The van der Waals surface area contributed by atoms with Crippen molar-refractivity contribution in [2.45, 2.75) is 26.8 Å². The van der Waals surface area contributed by atoms with Crippen LogP contribution in [-0.2, 0) is 0 Å². The molecule has 1 aliphatic heterocycles. The molecule has 0 aliphatic carbocycles. The summed E-state index contributed by atoms with van der Waals surface area (Å²) in [5.74, 6) is 1.00. The summed E-state index contributed by atoms with van der Waals surface area (Å²) < 4.78 is 1.96. The van der Waals surface area contributed by atoms with E-state index < -0.39 is 0 Å². The van der Waals surface area contributed by atoms with Crippen LogP contribution in [0.4, 0.5) is 5.82 Å². The number of imidazole rings is 1.